The highest BCUT2D eigenvalue weighted by Crippen LogP contribution is 2.45. The predicted octanol–water partition coefficient (Wildman–Crippen LogP) is 8.06. The molecule has 5 nitrogen and oxygen atoms in total. The number of nitrogens with zero attached hydrogens (tertiary/aromatic N) is 3. The summed E-state index contributed by atoms with van der Waals surface area (Å²) >= 11 is 6.05. The summed E-state index contributed by atoms with van der Waals surface area (Å²) in [7, 11) is 0. The van der Waals surface area contributed by atoms with E-state index in [1.807, 2.05) is 0 Å². The van der Waals surface area contributed by atoms with Crippen LogP contribution in [0.1, 0.15) is 34.2 Å². The van der Waals surface area contributed by atoms with E-state index >= 15 is 0 Å². The number of pyridine rings is 1. The molecule has 5 rings (SSSR count). The number of hydrogen-bond donors (Lipinski definition) is 0. The van der Waals surface area contributed by atoms with Gasteiger partial charge in [0, 0.05) is 23.5 Å². The zero-order valence-electron chi connectivity index (χ0n) is 19.4. The Bertz CT molecular complexity index is 1540. The fourth-order valence-electron chi connectivity index (χ4n) is 4.17. The van der Waals surface area contributed by atoms with Crippen molar-refractivity contribution in [3.63, 3.8) is 0 Å². The third-order valence-electron chi connectivity index (χ3n) is 5.94. The summed E-state index contributed by atoms with van der Waals surface area (Å²) < 4.78 is 102. The van der Waals surface area contributed by atoms with Crippen molar-refractivity contribution in [2.24, 2.45) is 5.16 Å². The molecule has 202 valence electrons. The highest BCUT2D eigenvalue weighted by molar-refractivity contribution is 6.32. The Morgan fingerprint density at radius 3 is 2.36 bits per heavy atom. The minimum Gasteiger partial charge on any atom is -0.461 e. The molecule has 4 aromatic rings. The smallest absolute Gasteiger partial charge is 0.417 e. The maximum absolute atomic E-state index is 14.6. The lowest BCUT2D eigenvalue weighted by Crippen LogP contribution is -2.31. The fourth-order valence-corrected chi connectivity index (χ4v) is 4.48. The first kappa shape index (κ1) is 26.5. The van der Waals surface area contributed by atoms with Crippen LogP contribution in [0.4, 0.5) is 30.7 Å². The van der Waals surface area contributed by atoms with Crippen LogP contribution in [0.15, 0.2) is 82.8 Å². The molecule has 13 heteroatoms. The first-order valence-corrected chi connectivity index (χ1v) is 11.5. The SMILES string of the molecule is Fc1ccccc1-c1ccncc1CN1C(c2ccco2)=NOC1c1cc(C(F)(F)F)cc(C(F)(F)F)c1Cl. The van der Waals surface area contributed by atoms with Gasteiger partial charge in [-0.25, -0.2) is 4.39 Å². The fraction of sp³-hybridized carbons (Fsp3) is 0.154. The van der Waals surface area contributed by atoms with Gasteiger partial charge < -0.3 is 14.2 Å². The molecule has 1 atom stereocenters. The van der Waals surface area contributed by atoms with Crippen molar-refractivity contribution in [3.8, 4) is 11.1 Å². The van der Waals surface area contributed by atoms with E-state index < -0.39 is 46.1 Å². The van der Waals surface area contributed by atoms with Crippen molar-refractivity contribution < 1.29 is 40.0 Å². The molecule has 1 unspecified atom stereocenters. The summed E-state index contributed by atoms with van der Waals surface area (Å²) in [6.45, 7) is -0.227. The van der Waals surface area contributed by atoms with Crippen LogP contribution >= 0.6 is 11.6 Å². The third kappa shape index (κ3) is 5.16. The second-order valence-electron chi connectivity index (χ2n) is 8.41. The number of oxime groups is 1. The number of amidine groups is 1. The molecule has 0 amide bonds. The number of rotatable bonds is 5. The number of alkyl halides is 6. The highest BCUT2D eigenvalue weighted by atomic mass is 35.5. The van der Waals surface area contributed by atoms with E-state index in [1.165, 1.54) is 60.0 Å². The van der Waals surface area contributed by atoms with Crippen LogP contribution in [0.2, 0.25) is 5.02 Å². The molecule has 39 heavy (non-hydrogen) atoms. The molecule has 0 aliphatic carbocycles. The zero-order valence-corrected chi connectivity index (χ0v) is 20.2. The van der Waals surface area contributed by atoms with Crippen LogP contribution < -0.4 is 0 Å². The van der Waals surface area contributed by atoms with Crippen molar-refractivity contribution in [1.82, 2.24) is 9.88 Å². The molecule has 0 bridgehead atoms. The molecule has 2 aromatic heterocycles. The summed E-state index contributed by atoms with van der Waals surface area (Å²) in [6, 6.07) is 10.8. The Hall–Kier alpha value is -4.06. The van der Waals surface area contributed by atoms with E-state index in [0.717, 1.165) is 0 Å². The predicted molar refractivity (Wildman–Crippen MR) is 126 cm³/mol. The minimum absolute atomic E-state index is 0.0321. The third-order valence-corrected chi connectivity index (χ3v) is 6.37. The van der Waals surface area contributed by atoms with Crippen molar-refractivity contribution in [3.05, 3.63) is 112 Å². The number of hydrogen-bond acceptors (Lipinski definition) is 5. The summed E-state index contributed by atoms with van der Waals surface area (Å²) in [6.07, 6.45) is -7.82. The van der Waals surface area contributed by atoms with Gasteiger partial charge in [0.25, 0.3) is 0 Å². The average molecular weight is 570 g/mol. The van der Waals surface area contributed by atoms with E-state index in [4.69, 9.17) is 20.9 Å². The van der Waals surface area contributed by atoms with Gasteiger partial charge in [-0.05, 0) is 47.5 Å². The van der Waals surface area contributed by atoms with E-state index in [0.29, 0.717) is 17.2 Å². The Kier molecular flexibility index (Phi) is 6.75. The molecule has 0 saturated carbocycles. The Balaban J connectivity index is 1.65. The lowest BCUT2D eigenvalue weighted by molar-refractivity contribution is -0.143. The summed E-state index contributed by atoms with van der Waals surface area (Å²) in [4.78, 5) is 10.7. The summed E-state index contributed by atoms with van der Waals surface area (Å²) in [5.74, 6) is -0.460. The maximum Gasteiger partial charge on any atom is 0.417 e. The van der Waals surface area contributed by atoms with Gasteiger partial charge in [0.05, 0.1) is 29.0 Å². The molecule has 0 N–H and O–H groups in total. The van der Waals surface area contributed by atoms with Crippen LogP contribution in [-0.2, 0) is 23.7 Å². The number of benzene rings is 2. The van der Waals surface area contributed by atoms with Crippen LogP contribution in [0.3, 0.4) is 0 Å². The Morgan fingerprint density at radius 2 is 1.69 bits per heavy atom. The molecular formula is C26H15ClF7N3O2. The van der Waals surface area contributed by atoms with Crippen LogP contribution in [0.5, 0.6) is 0 Å². The van der Waals surface area contributed by atoms with E-state index in [9.17, 15) is 30.7 Å². The van der Waals surface area contributed by atoms with Gasteiger partial charge in [-0.15, -0.1) is 0 Å². The normalized spacial score (nSPS) is 15.8. The monoisotopic (exact) mass is 569 g/mol. The molecule has 0 spiro atoms. The second-order valence-corrected chi connectivity index (χ2v) is 8.79. The zero-order chi connectivity index (χ0) is 27.9. The van der Waals surface area contributed by atoms with Gasteiger partial charge in [0.15, 0.2) is 5.76 Å². The molecule has 0 radical (unpaired) electrons. The van der Waals surface area contributed by atoms with Gasteiger partial charge in [-0.2, -0.15) is 26.3 Å². The van der Waals surface area contributed by atoms with Crippen LogP contribution in [0.25, 0.3) is 11.1 Å². The lowest BCUT2D eigenvalue weighted by Gasteiger charge is -2.28. The van der Waals surface area contributed by atoms with Crippen LogP contribution in [-0.4, -0.2) is 15.7 Å². The lowest BCUT2D eigenvalue weighted by atomic mass is 9.99. The van der Waals surface area contributed by atoms with Gasteiger partial charge in [0.1, 0.15) is 5.82 Å². The van der Waals surface area contributed by atoms with Gasteiger partial charge in [0.2, 0.25) is 12.1 Å². The molecule has 1 aliphatic rings. The Morgan fingerprint density at radius 1 is 0.923 bits per heavy atom. The van der Waals surface area contributed by atoms with Crippen LogP contribution in [0, 0.1) is 5.82 Å². The molecule has 0 fully saturated rings. The van der Waals surface area contributed by atoms with E-state index in [-0.39, 0.29) is 29.8 Å². The molecule has 2 aromatic carbocycles. The van der Waals surface area contributed by atoms with Crippen molar-refractivity contribution in [1.29, 1.82) is 0 Å². The quantitative estimate of drug-likeness (QED) is 0.228. The topological polar surface area (TPSA) is 50.9 Å². The van der Waals surface area contributed by atoms with E-state index in [2.05, 4.69) is 10.1 Å². The van der Waals surface area contributed by atoms with Crippen molar-refractivity contribution >= 4 is 17.4 Å². The molecule has 3 heterocycles. The maximum atomic E-state index is 14.6. The first-order chi connectivity index (χ1) is 18.4. The number of aromatic nitrogens is 1. The van der Waals surface area contributed by atoms with E-state index in [1.54, 1.807) is 6.07 Å². The van der Waals surface area contributed by atoms with Gasteiger partial charge >= 0.3 is 12.4 Å². The second kappa shape index (κ2) is 9.92. The summed E-state index contributed by atoms with van der Waals surface area (Å²) in [5, 5.41) is 2.91. The van der Waals surface area contributed by atoms with Crippen molar-refractivity contribution in [2.45, 2.75) is 25.1 Å². The summed E-state index contributed by atoms with van der Waals surface area (Å²) in [5.41, 5.74) is -2.91. The average Bonchev–Trinajstić information content (AvgIpc) is 3.54. The molecule has 0 saturated heterocycles. The van der Waals surface area contributed by atoms with Gasteiger partial charge in [-0.1, -0.05) is 35.0 Å². The number of furan rings is 1. The highest BCUT2D eigenvalue weighted by Gasteiger charge is 2.43. The molecular weight excluding hydrogens is 555 g/mol. The number of halogens is 8. The largest absolute Gasteiger partial charge is 0.461 e. The van der Waals surface area contributed by atoms with Crippen molar-refractivity contribution in [2.75, 3.05) is 0 Å². The van der Waals surface area contributed by atoms with Gasteiger partial charge in [-0.3, -0.25) is 4.98 Å². The first-order valence-electron chi connectivity index (χ1n) is 11.1. The Labute approximate surface area is 221 Å². The minimum atomic E-state index is -5.19. The standard InChI is InChI=1S/C26H15ClF7N3O2/c27-22-18(10-15(25(29,30)31)11-19(22)26(32,33)34)24-37(23(36-39-24)21-6-3-9-38-21)13-14-12-35-8-7-16(14)17-4-1-2-5-20(17)28/h1-12,24H,13H2. The molecule has 1 aliphatic heterocycles.